The molecule has 96 valence electrons. The van der Waals surface area contributed by atoms with Gasteiger partial charge >= 0.3 is 0 Å². The third-order valence-electron chi connectivity index (χ3n) is 2.72. The smallest absolute Gasteiger partial charge is 0.120 e. The van der Waals surface area contributed by atoms with Crippen LogP contribution in [-0.4, -0.2) is 24.7 Å². The second-order valence-electron chi connectivity index (χ2n) is 4.68. The van der Waals surface area contributed by atoms with Crippen molar-refractivity contribution in [3.05, 3.63) is 36.0 Å². The average Bonchev–Trinajstić information content (AvgIpc) is 2.35. The zero-order chi connectivity index (χ0) is 13.0. The van der Waals surface area contributed by atoms with Crippen LogP contribution in [0.1, 0.15) is 19.5 Å². The summed E-state index contributed by atoms with van der Waals surface area (Å²) in [6, 6.07) is 10.2. The number of benzene rings is 1. The molecular weight excluding hydrogens is 224 g/mol. The molecule has 0 unspecified atom stereocenters. The van der Waals surface area contributed by atoms with Gasteiger partial charge < -0.3 is 10.1 Å². The lowest BCUT2D eigenvalue weighted by molar-refractivity contribution is 0.243. The molecule has 0 radical (unpaired) electrons. The van der Waals surface area contributed by atoms with Crippen LogP contribution >= 0.6 is 0 Å². The Bertz CT molecular complexity index is 523. The highest BCUT2D eigenvalue weighted by Gasteiger charge is 2.02. The van der Waals surface area contributed by atoms with Gasteiger partial charge in [0, 0.05) is 24.0 Å². The van der Waals surface area contributed by atoms with Crippen molar-refractivity contribution in [2.24, 2.45) is 0 Å². The first-order valence-electron chi connectivity index (χ1n) is 6.40. The molecule has 2 rings (SSSR count). The summed E-state index contributed by atoms with van der Waals surface area (Å²) in [5.74, 6) is 0.905. The molecule has 1 aromatic carbocycles. The zero-order valence-corrected chi connectivity index (χ0v) is 11.2. The van der Waals surface area contributed by atoms with Crippen molar-refractivity contribution >= 4 is 10.9 Å². The lowest BCUT2D eigenvalue weighted by Crippen LogP contribution is -2.11. The molecule has 0 fully saturated rings. The van der Waals surface area contributed by atoms with Crippen LogP contribution in [0.25, 0.3) is 10.9 Å². The third kappa shape index (κ3) is 3.20. The minimum Gasteiger partial charge on any atom is -0.491 e. The number of fused-ring (bicyclic) bond motifs is 1. The van der Waals surface area contributed by atoms with E-state index >= 15 is 0 Å². The number of nitrogens with one attached hydrogen (secondary N) is 1. The molecule has 0 aliphatic rings. The molecule has 1 heterocycles. The van der Waals surface area contributed by atoms with E-state index in [-0.39, 0.29) is 6.10 Å². The first-order valence-corrected chi connectivity index (χ1v) is 6.40. The fraction of sp³-hybridized carbons (Fsp3) is 0.400. The maximum Gasteiger partial charge on any atom is 0.120 e. The SMILES string of the molecule is CNCCc1ccc2cc(OC(C)C)ccc2n1. The summed E-state index contributed by atoms with van der Waals surface area (Å²) >= 11 is 0. The average molecular weight is 244 g/mol. The zero-order valence-electron chi connectivity index (χ0n) is 11.2. The van der Waals surface area contributed by atoms with Gasteiger partial charge in [0.05, 0.1) is 11.6 Å². The van der Waals surface area contributed by atoms with Crippen LogP contribution in [-0.2, 0) is 6.42 Å². The molecule has 0 spiro atoms. The molecule has 0 aliphatic heterocycles. The minimum atomic E-state index is 0.199. The lowest BCUT2D eigenvalue weighted by Gasteiger charge is -2.10. The summed E-state index contributed by atoms with van der Waals surface area (Å²) in [6.07, 6.45) is 1.15. The van der Waals surface area contributed by atoms with E-state index in [1.165, 1.54) is 0 Å². The van der Waals surface area contributed by atoms with Crippen molar-refractivity contribution in [3.63, 3.8) is 0 Å². The van der Waals surface area contributed by atoms with Gasteiger partial charge in [-0.25, -0.2) is 0 Å². The quantitative estimate of drug-likeness (QED) is 0.878. The number of ether oxygens (including phenoxy) is 1. The Balaban J connectivity index is 2.24. The summed E-state index contributed by atoms with van der Waals surface area (Å²) in [5, 5.41) is 4.26. The van der Waals surface area contributed by atoms with Crippen molar-refractivity contribution in [1.82, 2.24) is 10.3 Å². The first kappa shape index (κ1) is 12.8. The second kappa shape index (κ2) is 5.83. The van der Waals surface area contributed by atoms with Crippen molar-refractivity contribution in [2.45, 2.75) is 26.4 Å². The number of likely N-dealkylation sites (N-methyl/N-ethyl adjacent to an activating group) is 1. The molecule has 0 bridgehead atoms. The summed E-state index contributed by atoms with van der Waals surface area (Å²) in [7, 11) is 1.95. The topological polar surface area (TPSA) is 34.1 Å². The summed E-state index contributed by atoms with van der Waals surface area (Å²) < 4.78 is 5.68. The maximum atomic E-state index is 5.68. The van der Waals surface area contributed by atoms with Gasteiger partial charge in [-0.1, -0.05) is 6.07 Å². The normalized spacial score (nSPS) is 11.1. The number of rotatable bonds is 5. The molecule has 3 nitrogen and oxygen atoms in total. The Morgan fingerprint density at radius 2 is 2.06 bits per heavy atom. The van der Waals surface area contributed by atoms with Crippen LogP contribution in [0.2, 0.25) is 0 Å². The first-order chi connectivity index (χ1) is 8.69. The number of nitrogens with zero attached hydrogens (tertiary/aromatic N) is 1. The number of hydrogen-bond donors (Lipinski definition) is 1. The summed E-state index contributed by atoms with van der Waals surface area (Å²) in [6.45, 7) is 5.01. The lowest BCUT2D eigenvalue weighted by atomic mass is 10.1. The molecule has 0 saturated heterocycles. The van der Waals surface area contributed by atoms with E-state index in [2.05, 4.69) is 22.4 Å². The van der Waals surface area contributed by atoms with Crippen LogP contribution in [0.3, 0.4) is 0 Å². The minimum absolute atomic E-state index is 0.199. The van der Waals surface area contributed by atoms with Crippen molar-refractivity contribution < 1.29 is 4.74 Å². The van der Waals surface area contributed by atoms with Gasteiger partial charge in [-0.05, 0) is 45.2 Å². The number of hydrogen-bond acceptors (Lipinski definition) is 3. The van der Waals surface area contributed by atoms with Crippen LogP contribution in [0.5, 0.6) is 5.75 Å². The molecule has 3 heteroatoms. The second-order valence-corrected chi connectivity index (χ2v) is 4.68. The molecule has 0 atom stereocenters. The van der Waals surface area contributed by atoms with E-state index in [0.29, 0.717) is 0 Å². The van der Waals surface area contributed by atoms with Crippen molar-refractivity contribution in [3.8, 4) is 5.75 Å². The van der Waals surface area contributed by atoms with E-state index in [4.69, 9.17) is 4.74 Å². The van der Waals surface area contributed by atoms with Crippen molar-refractivity contribution in [2.75, 3.05) is 13.6 Å². The van der Waals surface area contributed by atoms with Crippen LogP contribution in [0.4, 0.5) is 0 Å². The molecule has 0 saturated carbocycles. The fourth-order valence-electron chi connectivity index (χ4n) is 1.88. The molecule has 0 aliphatic carbocycles. The molecule has 0 amide bonds. The van der Waals surface area contributed by atoms with Crippen LogP contribution in [0, 0.1) is 0 Å². The Morgan fingerprint density at radius 3 is 2.78 bits per heavy atom. The van der Waals surface area contributed by atoms with E-state index in [1.54, 1.807) is 0 Å². The van der Waals surface area contributed by atoms with Crippen molar-refractivity contribution in [1.29, 1.82) is 0 Å². The van der Waals surface area contributed by atoms with Gasteiger partial charge in [-0.15, -0.1) is 0 Å². The standard InChI is InChI=1S/C15H20N2O/c1-11(2)18-14-6-7-15-12(10-14)4-5-13(17-15)8-9-16-3/h4-7,10-11,16H,8-9H2,1-3H3. The van der Waals surface area contributed by atoms with Gasteiger partial charge in [-0.2, -0.15) is 0 Å². The van der Waals surface area contributed by atoms with Gasteiger partial charge in [0.15, 0.2) is 0 Å². The Kier molecular flexibility index (Phi) is 4.15. The molecular formula is C15H20N2O. The van der Waals surface area contributed by atoms with Gasteiger partial charge in [-0.3, -0.25) is 4.98 Å². The van der Waals surface area contributed by atoms with Gasteiger partial charge in [0.1, 0.15) is 5.75 Å². The number of pyridine rings is 1. The predicted octanol–water partition coefficient (Wildman–Crippen LogP) is 2.78. The summed E-state index contributed by atoms with van der Waals surface area (Å²) in [4.78, 5) is 4.64. The molecule has 18 heavy (non-hydrogen) atoms. The van der Waals surface area contributed by atoms with Crippen LogP contribution in [0.15, 0.2) is 30.3 Å². The van der Waals surface area contributed by atoms with Gasteiger partial charge in [0.25, 0.3) is 0 Å². The van der Waals surface area contributed by atoms with Crippen LogP contribution < -0.4 is 10.1 Å². The highest BCUT2D eigenvalue weighted by Crippen LogP contribution is 2.20. The Morgan fingerprint density at radius 1 is 1.22 bits per heavy atom. The Labute approximate surface area is 108 Å². The predicted molar refractivity (Wildman–Crippen MR) is 75.1 cm³/mol. The van der Waals surface area contributed by atoms with E-state index in [0.717, 1.165) is 35.3 Å². The molecule has 1 N–H and O–H groups in total. The molecule has 2 aromatic rings. The largest absolute Gasteiger partial charge is 0.491 e. The summed E-state index contributed by atoms with van der Waals surface area (Å²) in [5.41, 5.74) is 2.15. The highest BCUT2D eigenvalue weighted by atomic mass is 16.5. The number of aromatic nitrogens is 1. The van der Waals surface area contributed by atoms with E-state index in [9.17, 15) is 0 Å². The van der Waals surface area contributed by atoms with E-state index < -0.39 is 0 Å². The van der Waals surface area contributed by atoms with Gasteiger partial charge in [0.2, 0.25) is 0 Å². The fourth-order valence-corrected chi connectivity index (χ4v) is 1.88. The molecule has 1 aromatic heterocycles. The third-order valence-corrected chi connectivity index (χ3v) is 2.72. The Hall–Kier alpha value is -1.61. The van der Waals surface area contributed by atoms with E-state index in [1.807, 2.05) is 39.1 Å². The maximum absolute atomic E-state index is 5.68. The highest BCUT2D eigenvalue weighted by molar-refractivity contribution is 5.80. The monoisotopic (exact) mass is 244 g/mol.